The van der Waals surface area contributed by atoms with Crippen molar-refractivity contribution >= 4 is 28.9 Å². The van der Waals surface area contributed by atoms with Crippen LogP contribution in [0.2, 0.25) is 5.02 Å². The molecule has 19 heavy (non-hydrogen) atoms. The number of methoxy groups -OCH3 is 1. The van der Waals surface area contributed by atoms with Crippen LogP contribution in [-0.4, -0.2) is 19.7 Å². The maximum atomic E-state index is 11.7. The average molecular weight is 295 g/mol. The molecule has 0 atom stereocenters. The monoisotopic (exact) mass is 294 g/mol. The predicted octanol–water partition coefficient (Wildman–Crippen LogP) is 3.79. The molecule has 0 unspecified atom stereocenters. The highest BCUT2D eigenvalue weighted by Gasteiger charge is 2.21. The fourth-order valence-corrected chi connectivity index (χ4v) is 3.30. The summed E-state index contributed by atoms with van der Waals surface area (Å²) >= 11 is 7.76. The Morgan fingerprint density at radius 1 is 1.37 bits per heavy atom. The summed E-state index contributed by atoms with van der Waals surface area (Å²) in [6.45, 7) is 0.616. The topological polar surface area (TPSA) is 35.5 Å². The minimum atomic E-state index is -0.436. The molecule has 0 saturated carbocycles. The number of ether oxygens (including phenoxy) is 2. The van der Waals surface area contributed by atoms with Crippen LogP contribution in [0.5, 0.6) is 5.75 Å². The number of esters is 1. The number of hydrogen-bond acceptors (Lipinski definition) is 4. The van der Waals surface area contributed by atoms with E-state index in [1.54, 1.807) is 23.5 Å². The molecule has 1 aliphatic heterocycles. The van der Waals surface area contributed by atoms with Gasteiger partial charge in [-0.3, -0.25) is 0 Å². The van der Waals surface area contributed by atoms with Gasteiger partial charge < -0.3 is 9.47 Å². The zero-order chi connectivity index (χ0) is 13.4. The summed E-state index contributed by atoms with van der Waals surface area (Å²) in [5.41, 5.74) is 3.62. The Balaban J connectivity index is 2.21. The standard InChI is InChI=1S/C14H11ClO3S/c1-17-14(16)10-4-9-11-7-19-6-8(11)2-3-18-13(9)5-12(10)15/h4-7H,2-3H2,1H3. The van der Waals surface area contributed by atoms with E-state index < -0.39 is 5.97 Å². The van der Waals surface area contributed by atoms with E-state index in [1.165, 1.54) is 12.7 Å². The number of benzene rings is 1. The van der Waals surface area contributed by atoms with Gasteiger partial charge in [-0.25, -0.2) is 4.79 Å². The fraction of sp³-hybridized carbons (Fsp3) is 0.214. The summed E-state index contributed by atoms with van der Waals surface area (Å²) in [6, 6.07) is 3.44. The Bertz CT molecular complexity index is 648. The number of carbonyl (C=O) groups excluding carboxylic acids is 1. The molecule has 5 heteroatoms. The Hall–Kier alpha value is -1.52. The lowest BCUT2D eigenvalue weighted by Gasteiger charge is -2.10. The summed E-state index contributed by atoms with van der Waals surface area (Å²) in [5.74, 6) is 0.281. The van der Waals surface area contributed by atoms with Crippen molar-refractivity contribution in [2.24, 2.45) is 0 Å². The number of fused-ring (bicyclic) bond motifs is 3. The lowest BCUT2D eigenvalue weighted by atomic mass is 10.0. The Morgan fingerprint density at radius 3 is 3.00 bits per heavy atom. The molecular formula is C14H11ClO3S. The van der Waals surface area contributed by atoms with E-state index in [0.29, 0.717) is 17.2 Å². The lowest BCUT2D eigenvalue weighted by Crippen LogP contribution is -2.03. The van der Waals surface area contributed by atoms with E-state index in [0.717, 1.165) is 23.3 Å². The number of halogens is 1. The summed E-state index contributed by atoms with van der Waals surface area (Å²) in [7, 11) is 1.34. The van der Waals surface area contributed by atoms with Crippen LogP contribution in [0, 0.1) is 0 Å². The van der Waals surface area contributed by atoms with Crippen molar-refractivity contribution in [3.05, 3.63) is 39.0 Å². The molecule has 2 aromatic rings. The van der Waals surface area contributed by atoms with E-state index in [2.05, 4.69) is 10.8 Å². The van der Waals surface area contributed by atoms with Gasteiger partial charge in [-0.2, -0.15) is 11.3 Å². The lowest BCUT2D eigenvalue weighted by molar-refractivity contribution is 0.0601. The Labute approximate surface area is 119 Å². The third-order valence-electron chi connectivity index (χ3n) is 3.14. The number of hydrogen-bond donors (Lipinski definition) is 0. The molecule has 3 nitrogen and oxygen atoms in total. The van der Waals surface area contributed by atoms with E-state index in [4.69, 9.17) is 21.1 Å². The second-order valence-electron chi connectivity index (χ2n) is 4.23. The first kappa shape index (κ1) is 12.5. The molecule has 0 bridgehead atoms. The summed E-state index contributed by atoms with van der Waals surface area (Å²) < 4.78 is 10.5. The second kappa shape index (κ2) is 4.87. The molecule has 2 heterocycles. The predicted molar refractivity (Wildman–Crippen MR) is 75.3 cm³/mol. The molecule has 1 aliphatic rings. The van der Waals surface area contributed by atoms with Gasteiger partial charge in [0.05, 0.1) is 24.3 Å². The highest BCUT2D eigenvalue weighted by molar-refractivity contribution is 7.08. The molecule has 98 valence electrons. The largest absolute Gasteiger partial charge is 0.493 e. The van der Waals surface area contributed by atoms with Gasteiger partial charge in [0.25, 0.3) is 0 Å². The normalized spacial score (nSPS) is 12.9. The molecule has 3 rings (SSSR count). The van der Waals surface area contributed by atoms with Crippen molar-refractivity contribution in [1.29, 1.82) is 0 Å². The van der Waals surface area contributed by atoms with E-state index in [9.17, 15) is 4.79 Å². The zero-order valence-electron chi connectivity index (χ0n) is 10.2. The summed E-state index contributed by atoms with van der Waals surface area (Å²) in [4.78, 5) is 11.7. The molecule has 0 N–H and O–H groups in total. The van der Waals surface area contributed by atoms with Crippen molar-refractivity contribution < 1.29 is 14.3 Å². The van der Waals surface area contributed by atoms with Crippen LogP contribution in [0.25, 0.3) is 11.1 Å². The number of carbonyl (C=O) groups is 1. The van der Waals surface area contributed by atoms with Crippen LogP contribution in [0.15, 0.2) is 22.9 Å². The van der Waals surface area contributed by atoms with Gasteiger partial charge in [-0.1, -0.05) is 11.6 Å². The SMILES string of the molecule is COC(=O)c1cc2c(cc1Cl)OCCc1cscc1-2. The molecule has 0 amide bonds. The highest BCUT2D eigenvalue weighted by atomic mass is 35.5. The molecule has 1 aromatic carbocycles. The smallest absolute Gasteiger partial charge is 0.339 e. The van der Waals surface area contributed by atoms with E-state index in [1.807, 2.05) is 0 Å². The maximum absolute atomic E-state index is 11.7. The first-order valence-electron chi connectivity index (χ1n) is 5.81. The minimum absolute atomic E-state index is 0.351. The van der Waals surface area contributed by atoms with Crippen molar-refractivity contribution in [2.75, 3.05) is 13.7 Å². The van der Waals surface area contributed by atoms with Gasteiger partial charge in [0.15, 0.2) is 0 Å². The highest BCUT2D eigenvalue weighted by Crippen LogP contribution is 2.40. The van der Waals surface area contributed by atoms with Gasteiger partial charge >= 0.3 is 5.97 Å². The van der Waals surface area contributed by atoms with Crippen molar-refractivity contribution in [2.45, 2.75) is 6.42 Å². The number of thiophene rings is 1. The van der Waals surface area contributed by atoms with Gasteiger partial charge in [-0.15, -0.1) is 0 Å². The van der Waals surface area contributed by atoms with Gasteiger partial charge in [0.2, 0.25) is 0 Å². The maximum Gasteiger partial charge on any atom is 0.339 e. The molecule has 0 radical (unpaired) electrons. The first-order valence-corrected chi connectivity index (χ1v) is 7.13. The molecular weight excluding hydrogens is 284 g/mol. The van der Waals surface area contributed by atoms with Crippen LogP contribution in [-0.2, 0) is 11.2 Å². The van der Waals surface area contributed by atoms with Gasteiger partial charge in [0, 0.05) is 18.1 Å². The molecule has 0 fully saturated rings. The minimum Gasteiger partial charge on any atom is -0.493 e. The molecule has 0 spiro atoms. The van der Waals surface area contributed by atoms with Gasteiger partial charge in [-0.05, 0) is 28.0 Å². The third-order valence-corrected chi connectivity index (χ3v) is 4.24. The first-order chi connectivity index (χ1) is 9.20. The zero-order valence-corrected chi connectivity index (χ0v) is 11.8. The summed E-state index contributed by atoms with van der Waals surface area (Å²) in [6.07, 6.45) is 0.860. The fourth-order valence-electron chi connectivity index (χ4n) is 2.18. The molecule has 0 saturated heterocycles. The van der Waals surface area contributed by atoms with Crippen LogP contribution in [0.4, 0.5) is 0 Å². The Morgan fingerprint density at radius 2 is 2.21 bits per heavy atom. The van der Waals surface area contributed by atoms with Crippen molar-refractivity contribution in [3.8, 4) is 16.9 Å². The summed E-state index contributed by atoms with van der Waals surface area (Å²) in [5, 5.41) is 4.53. The van der Waals surface area contributed by atoms with Crippen molar-refractivity contribution in [3.63, 3.8) is 0 Å². The van der Waals surface area contributed by atoms with Crippen molar-refractivity contribution in [1.82, 2.24) is 0 Å². The average Bonchev–Trinajstić information content (AvgIpc) is 2.80. The third kappa shape index (κ3) is 2.11. The van der Waals surface area contributed by atoms with Crippen LogP contribution >= 0.6 is 22.9 Å². The quantitative estimate of drug-likeness (QED) is 0.751. The van der Waals surface area contributed by atoms with E-state index >= 15 is 0 Å². The van der Waals surface area contributed by atoms with Crippen LogP contribution < -0.4 is 4.74 Å². The molecule has 1 aromatic heterocycles. The Kier molecular flexibility index (Phi) is 3.21. The second-order valence-corrected chi connectivity index (χ2v) is 5.38. The van der Waals surface area contributed by atoms with Crippen LogP contribution in [0.3, 0.4) is 0 Å². The van der Waals surface area contributed by atoms with Crippen LogP contribution in [0.1, 0.15) is 15.9 Å². The number of rotatable bonds is 1. The van der Waals surface area contributed by atoms with Gasteiger partial charge in [0.1, 0.15) is 5.75 Å². The van der Waals surface area contributed by atoms with E-state index in [-0.39, 0.29) is 0 Å². The molecule has 0 aliphatic carbocycles.